The molecule has 0 amide bonds. The van der Waals surface area contributed by atoms with Crippen molar-refractivity contribution in [3.63, 3.8) is 0 Å². The topological polar surface area (TPSA) is 59.4 Å². The number of benzene rings is 1. The monoisotopic (exact) mass is 392 g/mol. The molecule has 1 N–H and O–H groups in total. The lowest BCUT2D eigenvalue weighted by molar-refractivity contribution is 0.495. The number of fused-ring (bicyclic) bond motifs is 1. The molecular weight excluding hydrogens is 364 g/mol. The predicted octanol–water partition coefficient (Wildman–Crippen LogP) is 5.77. The van der Waals surface area contributed by atoms with E-state index in [1.54, 1.807) is 12.4 Å². The van der Waals surface area contributed by atoms with Crippen LogP contribution in [0.5, 0.6) is 5.75 Å². The van der Waals surface area contributed by atoms with E-state index in [0.717, 1.165) is 27.9 Å². The number of aromatic nitrogens is 2. The van der Waals surface area contributed by atoms with Crippen LogP contribution in [-0.4, -0.2) is 24.5 Å². The lowest BCUT2D eigenvalue weighted by Crippen LogP contribution is -2.43. The van der Waals surface area contributed by atoms with Crippen molar-refractivity contribution in [3.05, 3.63) is 59.9 Å². The molecule has 0 unspecified atom stereocenters. The molecule has 3 aromatic rings. The molecule has 0 aliphatic rings. The van der Waals surface area contributed by atoms with Crippen LogP contribution in [0.2, 0.25) is 18.1 Å². The second-order valence-electron chi connectivity index (χ2n) is 8.51. The van der Waals surface area contributed by atoms with Gasteiger partial charge in [0, 0.05) is 11.6 Å². The Kier molecular flexibility index (Phi) is 5.51. The van der Waals surface area contributed by atoms with E-state index in [9.17, 15) is 0 Å². The number of anilines is 1. The third-order valence-corrected chi connectivity index (χ3v) is 9.51. The van der Waals surface area contributed by atoms with Crippen molar-refractivity contribution < 1.29 is 4.43 Å². The molecule has 0 aliphatic heterocycles. The number of rotatable bonds is 5. The lowest BCUT2D eigenvalue weighted by Gasteiger charge is -2.36. The summed E-state index contributed by atoms with van der Waals surface area (Å²) in [7, 11) is -1.95. The van der Waals surface area contributed by atoms with Crippen molar-refractivity contribution in [2.75, 3.05) is 5.43 Å². The molecule has 2 aromatic heterocycles. The van der Waals surface area contributed by atoms with Crippen LogP contribution in [0.15, 0.2) is 53.8 Å². The Bertz CT molecular complexity index is 1010. The Morgan fingerprint density at radius 3 is 2.61 bits per heavy atom. The molecule has 0 saturated carbocycles. The van der Waals surface area contributed by atoms with Crippen LogP contribution in [0.25, 0.3) is 10.9 Å². The van der Waals surface area contributed by atoms with E-state index in [1.807, 2.05) is 43.3 Å². The van der Waals surface area contributed by atoms with Gasteiger partial charge in [-0.05, 0) is 54.9 Å². The summed E-state index contributed by atoms with van der Waals surface area (Å²) < 4.78 is 6.53. The second kappa shape index (κ2) is 7.71. The molecule has 0 fully saturated rings. The van der Waals surface area contributed by atoms with Crippen LogP contribution in [0, 0.1) is 6.92 Å². The van der Waals surface area contributed by atoms with Crippen molar-refractivity contribution in [1.82, 2.24) is 9.97 Å². The third-order valence-electron chi connectivity index (χ3n) is 5.17. The first-order valence-corrected chi connectivity index (χ1v) is 12.4. The maximum atomic E-state index is 6.53. The number of hydrazone groups is 1. The molecule has 6 heteroatoms. The molecule has 0 aliphatic carbocycles. The lowest BCUT2D eigenvalue weighted by atomic mass is 10.2. The summed E-state index contributed by atoms with van der Waals surface area (Å²) in [6.07, 6.45) is 3.46. The highest BCUT2D eigenvalue weighted by molar-refractivity contribution is 6.74. The van der Waals surface area contributed by atoms with Crippen molar-refractivity contribution in [2.45, 2.75) is 45.8 Å². The van der Waals surface area contributed by atoms with Crippen LogP contribution in [0.1, 0.15) is 32.0 Å². The molecule has 0 saturated heterocycles. The Balaban J connectivity index is 1.87. The van der Waals surface area contributed by atoms with E-state index < -0.39 is 8.32 Å². The molecule has 0 atom stereocenters. The van der Waals surface area contributed by atoms with Gasteiger partial charge in [-0.15, -0.1) is 0 Å². The summed E-state index contributed by atoms with van der Waals surface area (Å²) in [6.45, 7) is 13.2. The standard InChI is InChI=1S/C22H28N4OSi/c1-16-12-13-23-20(14-16)26-24-15-18-11-10-17-8-7-9-19(21(17)25-18)27-28(5,6)22(2,3)4/h7-15H,1-6H3,(H,23,26)/b24-15-. The van der Waals surface area contributed by atoms with Gasteiger partial charge in [0.2, 0.25) is 0 Å². The van der Waals surface area contributed by atoms with Gasteiger partial charge in [0.15, 0.2) is 0 Å². The second-order valence-corrected chi connectivity index (χ2v) is 13.2. The van der Waals surface area contributed by atoms with Gasteiger partial charge in [0.25, 0.3) is 8.32 Å². The molecule has 146 valence electrons. The Morgan fingerprint density at radius 1 is 1.11 bits per heavy atom. The van der Waals surface area contributed by atoms with Gasteiger partial charge < -0.3 is 4.43 Å². The van der Waals surface area contributed by atoms with Gasteiger partial charge in [-0.1, -0.05) is 39.0 Å². The largest absolute Gasteiger partial charge is 0.542 e. The molecular formula is C22H28N4OSi. The number of nitrogens with one attached hydrogen (secondary N) is 1. The highest BCUT2D eigenvalue weighted by Crippen LogP contribution is 2.38. The van der Waals surface area contributed by atoms with Crippen LogP contribution < -0.4 is 9.85 Å². The van der Waals surface area contributed by atoms with E-state index in [0.29, 0.717) is 5.82 Å². The molecule has 3 rings (SSSR count). The quantitative estimate of drug-likeness (QED) is 0.340. The molecule has 1 aromatic carbocycles. The van der Waals surface area contributed by atoms with Gasteiger partial charge >= 0.3 is 0 Å². The average molecular weight is 393 g/mol. The molecule has 2 heterocycles. The number of aryl methyl sites for hydroxylation is 1. The van der Waals surface area contributed by atoms with Crippen LogP contribution in [0.4, 0.5) is 5.82 Å². The fraction of sp³-hybridized carbons (Fsp3) is 0.318. The van der Waals surface area contributed by atoms with Gasteiger partial charge in [-0.25, -0.2) is 9.97 Å². The van der Waals surface area contributed by atoms with Gasteiger partial charge in [0.1, 0.15) is 17.1 Å². The number of hydrogen-bond acceptors (Lipinski definition) is 5. The van der Waals surface area contributed by atoms with Crippen molar-refractivity contribution in [3.8, 4) is 5.75 Å². The van der Waals surface area contributed by atoms with Gasteiger partial charge in [-0.3, -0.25) is 5.43 Å². The highest BCUT2D eigenvalue weighted by Gasteiger charge is 2.39. The summed E-state index contributed by atoms with van der Waals surface area (Å²) >= 11 is 0. The first-order valence-electron chi connectivity index (χ1n) is 9.46. The minimum atomic E-state index is -1.95. The smallest absolute Gasteiger partial charge is 0.250 e. The van der Waals surface area contributed by atoms with Gasteiger partial charge in [-0.2, -0.15) is 5.10 Å². The van der Waals surface area contributed by atoms with Crippen LogP contribution >= 0.6 is 0 Å². The minimum Gasteiger partial charge on any atom is -0.542 e. The zero-order valence-electron chi connectivity index (χ0n) is 17.4. The van der Waals surface area contributed by atoms with Gasteiger partial charge in [0.05, 0.1) is 11.9 Å². The number of nitrogens with zero attached hydrogens (tertiary/aromatic N) is 3. The molecule has 0 bridgehead atoms. The zero-order valence-corrected chi connectivity index (χ0v) is 18.4. The molecule has 28 heavy (non-hydrogen) atoms. The predicted molar refractivity (Wildman–Crippen MR) is 120 cm³/mol. The minimum absolute atomic E-state index is 0.124. The molecule has 0 spiro atoms. The average Bonchev–Trinajstić information content (AvgIpc) is 2.61. The Labute approximate surface area is 168 Å². The fourth-order valence-corrected chi connectivity index (χ4v) is 3.50. The van der Waals surface area contributed by atoms with Crippen molar-refractivity contribution in [1.29, 1.82) is 0 Å². The van der Waals surface area contributed by atoms with E-state index in [4.69, 9.17) is 9.41 Å². The van der Waals surface area contributed by atoms with Crippen molar-refractivity contribution >= 4 is 31.3 Å². The summed E-state index contributed by atoms with van der Waals surface area (Å²) in [4.78, 5) is 9.02. The normalized spacial score (nSPS) is 12.5. The maximum absolute atomic E-state index is 6.53. The van der Waals surface area contributed by atoms with E-state index >= 15 is 0 Å². The summed E-state index contributed by atoms with van der Waals surface area (Å²) in [5, 5.41) is 5.45. The molecule has 5 nitrogen and oxygen atoms in total. The number of para-hydroxylation sites is 1. The fourth-order valence-electron chi connectivity index (χ4n) is 2.48. The summed E-state index contributed by atoms with van der Waals surface area (Å²) in [6, 6.07) is 14.0. The third kappa shape index (κ3) is 4.57. The maximum Gasteiger partial charge on any atom is 0.250 e. The molecule has 0 radical (unpaired) electrons. The van der Waals surface area contributed by atoms with Crippen LogP contribution in [-0.2, 0) is 0 Å². The first kappa shape index (κ1) is 20.0. The summed E-state index contributed by atoms with van der Waals surface area (Å²) in [5.41, 5.74) is 5.71. The number of hydrogen-bond donors (Lipinski definition) is 1. The van der Waals surface area contributed by atoms with Crippen LogP contribution in [0.3, 0.4) is 0 Å². The zero-order chi connectivity index (χ0) is 20.4. The Hall–Kier alpha value is -2.73. The van der Waals surface area contributed by atoms with E-state index in [1.165, 1.54) is 0 Å². The Morgan fingerprint density at radius 2 is 1.89 bits per heavy atom. The van der Waals surface area contributed by atoms with Crippen molar-refractivity contribution in [2.24, 2.45) is 5.10 Å². The van der Waals surface area contributed by atoms with E-state index in [-0.39, 0.29) is 5.04 Å². The SMILES string of the molecule is Cc1ccnc(N/N=C\c2ccc3cccc(O[Si](C)(C)C(C)(C)C)c3n2)c1. The number of pyridine rings is 2. The summed E-state index contributed by atoms with van der Waals surface area (Å²) in [5.74, 6) is 1.55. The van der Waals surface area contributed by atoms with E-state index in [2.05, 4.69) is 55.4 Å². The first-order chi connectivity index (χ1) is 13.2. The highest BCUT2D eigenvalue weighted by atomic mass is 28.4.